The van der Waals surface area contributed by atoms with Gasteiger partial charge in [-0.05, 0) is 17.7 Å². The molecule has 0 radical (unpaired) electrons. The first-order valence-corrected chi connectivity index (χ1v) is 4.96. The highest BCUT2D eigenvalue weighted by molar-refractivity contribution is 5.80. The van der Waals surface area contributed by atoms with Crippen molar-refractivity contribution >= 4 is 17.0 Å². The number of nitriles is 1. The second kappa shape index (κ2) is 4.45. The lowest BCUT2D eigenvalue weighted by atomic mass is 10.1. The summed E-state index contributed by atoms with van der Waals surface area (Å²) in [5.41, 5.74) is 1.80. The molecule has 0 amide bonds. The average Bonchev–Trinajstić information content (AvgIpc) is 2.30. The number of aromatic nitrogens is 1. The molecule has 0 saturated heterocycles. The van der Waals surface area contributed by atoms with E-state index in [0.717, 1.165) is 11.1 Å². The first-order valence-electron chi connectivity index (χ1n) is 4.96. The predicted octanol–water partition coefficient (Wildman–Crippen LogP) is 2.45. The van der Waals surface area contributed by atoms with Crippen LogP contribution in [0.25, 0.3) is 17.0 Å². The SMILES string of the molecule is N#CCC=Cc1ccc2c(=O)cc[nH]c2c1. The summed E-state index contributed by atoms with van der Waals surface area (Å²) in [4.78, 5) is 14.5. The fraction of sp³-hybridized carbons (Fsp3) is 0.0769. The van der Waals surface area contributed by atoms with Gasteiger partial charge in [-0.25, -0.2) is 0 Å². The molecule has 0 unspecified atom stereocenters. The number of rotatable bonds is 2. The molecule has 1 aromatic heterocycles. The zero-order valence-corrected chi connectivity index (χ0v) is 8.60. The van der Waals surface area contributed by atoms with Gasteiger partial charge in [-0.2, -0.15) is 5.26 Å². The molecular weight excluding hydrogens is 200 g/mol. The van der Waals surface area contributed by atoms with Gasteiger partial charge in [0, 0.05) is 23.2 Å². The Kier molecular flexibility index (Phi) is 2.84. The Morgan fingerprint density at radius 3 is 3.06 bits per heavy atom. The summed E-state index contributed by atoms with van der Waals surface area (Å²) in [7, 11) is 0. The summed E-state index contributed by atoms with van der Waals surface area (Å²) in [6, 6.07) is 9.10. The molecule has 0 aliphatic carbocycles. The van der Waals surface area contributed by atoms with E-state index in [2.05, 4.69) is 4.98 Å². The summed E-state index contributed by atoms with van der Waals surface area (Å²) in [5.74, 6) is 0. The zero-order valence-electron chi connectivity index (χ0n) is 8.60. The zero-order chi connectivity index (χ0) is 11.4. The molecule has 2 rings (SSSR count). The molecule has 1 heterocycles. The highest BCUT2D eigenvalue weighted by atomic mass is 16.1. The van der Waals surface area contributed by atoms with E-state index in [1.165, 1.54) is 6.07 Å². The molecule has 1 aromatic carbocycles. The lowest BCUT2D eigenvalue weighted by molar-refractivity contribution is 1.36. The number of H-pyrrole nitrogens is 1. The van der Waals surface area contributed by atoms with E-state index in [4.69, 9.17) is 5.26 Å². The third-order valence-electron chi connectivity index (χ3n) is 2.30. The van der Waals surface area contributed by atoms with Gasteiger partial charge >= 0.3 is 0 Å². The van der Waals surface area contributed by atoms with Crippen LogP contribution in [0.2, 0.25) is 0 Å². The molecule has 0 fully saturated rings. The molecule has 2 aromatic rings. The quantitative estimate of drug-likeness (QED) is 0.827. The molecule has 0 aliphatic heterocycles. The van der Waals surface area contributed by atoms with Crippen LogP contribution >= 0.6 is 0 Å². The fourth-order valence-corrected chi connectivity index (χ4v) is 1.54. The van der Waals surface area contributed by atoms with Crippen LogP contribution in [0.3, 0.4) is 0 Å². The minimum absolute atomic E-state index is 0.0151. The van der Waals surface area contributed by atoms with Crippen LogP contribution in [0, 0.1) is 11.3 Å². The number of nitrogens with zero attached hydrogens (tertiary/aromatic N) is 1. The van der Waals surface area contributed by atoms with Gasteiger partial charge in [0.2, 0.25) is 0 Å². The van der Waals surface area contributed by atoms with Gasteiger partial charge in [0.25, 0.3) is 0 Å². The molecule has 0 atom stereocenters. The van der Waals surface area contributed by atoms with Crippen molar-refractivity contribution in [3.8, 4) is 6.07 Å². The Morgan fingerprint density at radius 2 is 2.25 bits per heavy atom. The van der Waals surface area contributed by atoms with Crippen molar-refractivity contribution in [2.24, 2.45) is 0 Å². The summed E-state index contributed by atoms with van der Waals surface area (Å²) in [6.45, 7) is 0. The van der Waals surface area contributed by atoms with Gasteiger partial charge in [0.15, 0.2) is 5.43 Å². The van der Waals surface area contributed by atoms with Gasteiger partial charge < -0.3 is 4.98 Å². The van der Waals surface area contributed by atoms with Gasteiger partial charge in [-0.1, -0.05) is 18.2 Å². The maximum Gasteiger partial charge on any atom is 0.189 e. The largest absolute Gasteiger partial charge is 0.361 e. The van der Waals surface area contributed by atoms with Crippen molar-refractivity contribution in [1.29, 1.82) is 5.26 Å². The van der Waals surface area contributed by atoms with Crippen LogP contribution in [0.15, 0.2) is 41.3 Å². The third-order valence-corrected chi connectivity index (χ3v) is 2.30. The van der Waals surface area contributed by atoms with Crippen molar-refractivity contribution in [3.63, 3.8) is 0 Å². The van der Waals surface area contributed by atoms with Crippen molar-refractivity contribution in [2.75, 3.05) is 0 Å². The first kappa shape index (κ1) is 10.2. The van der Waals surface area contributed by atoms with Crippen molar-refractivity contribution < 1.29 is 0 Å². The minimum Gasteiger partial charge on any atom is -0.361 e. The van der Waals surface area contributed by atoms with Crippen molar-refractivity contribution in [1.82, 2.24) is 4.98 Å². The Hall–Kier alpha value is -2.34. The highest BCUT2D eigenvalue weighted by Gasteiger charge is 1.97. The number of hydrogen-bond donors (Lipinski definition) is 1. The first-order chi connectivity index (χ1) is 7.81. The van der Waals surface area contributed by atoms with Crippen molar-refractivity contribution in [2.45, 2.75) is 6.42 Å². The minimum atomic E-state index is 0.0151. The van der Waals surface area contributed by atoms with Gasteiger partial charge in [-0.3, -0.25) is 4.79 Å². The molecule has 0 saturated carbocycles. The maximum atomic E-state index is 11.5. The molecule has 0 aliphatic rings. The summed E-state index contributed by atoms with van der Waals surface area (Å²) >= 11 is 0. The number of aromatic amines is 1. The fourth-order valence-electron chi connectivity index (χ4n) is 1.54. The lowest BCUT2D eigenvalue weighted by Crippen LogP contribution is -1.99. The number of benzene rings is 1. The van der Waals surface area contributed by atoms with Gasteiger partial charge in [-0.15, -0.1) is 0 Å². The van der Waals surface area contributed by atoms with Crippen LogP contribution < -0.4 is 5.43 Å². The molecule has 3 nitrogen and oxygen atoms in total. The van der Waals surface area contributed by atoms with E-state index in [0.29, 0.717) is 11.8 Å². The molecule has 0 spiro atoms. The second-order valence-electron chi connectivity index (χ2n) is 3.41. The molecule has 16 heavy (non-hydrogen) atoms. The van der Waals surface area contributed by atoms with E-state index in [1.54, 1.807) is 18.3 Å². The number of nitrogens with one attached hydrogen (secondary N) is 1. The summed E-state index contributed by atoms with van der Waals surface area (Å²) < 4.78 is 0. The predicted molar refractivity (Wildman–Crippen MR) is 63.8 cm³/mol. The molecule has 1 N–H and O–H groups in total. The Labute approximate surface area is 92.7 Å². The number of pyridine rings is 1. The van der Waals surface area contributed by atoms with Crippen LogP contribution in [0.1, 0.15) is 12.0 Å². The van der Waals surface area contributed by atoms with Crippen LogP contribution in [-0.4, -0.2) is 4.98 Å². The van der Waals surface area contributed by atoms with E-state index in [9.17, 15) is 4.79 Å². The normalized spacial score (nSPS) is 10.7. The summed E-state index contributed by atoms with van der Waals surface area (Å²) in [5, 5.41) is 9.08. The smallest absolute Gasteiger partial charge is 0.189 e. The molecule has 3 heteroatoms. The van der Waals surface area contributed by atoms with E-state index in [1.807, 2.05) is 24.3 Å². The number of hydrogen-bond acceptors (Lipinski definition) is 2. The number of allylic oxidation sites excluding steroid dienone is 1. The summed E-state index contributed by atoms with van der Waals surface area (Å²) in [6.07, 6.45) is 5.69. The second-order valence-corrected chi connectivity index (χ2v) is 3.41. The molecule has 0 bridgehead atoms. The Bertz CT molecular complexity index is 632. The number of fused-ring (bicyclic) bond motifs is 1. The topological polar surface area (TPSA) is 56.6 Å². The molecule has 78 valence electrons. The standard InChI is InChI=1S/C13H10N2O/c14-7-2-1-3-10-4-5-11-12(9-10)15-8-6-13(11)16/h1,3-6,8-9H,2H2,(H,15,16). The molecular formula is C13H10N2O. The van der Waals surface area contributed by atoms with E-state index in [-0.39, 0.29) is 5.43 Å². The van der Waals surface area contributed by atoms with Crippen molar-refractivity contribution in [3.05, 3.63) is 52.3 Å². The van der Waals surface area contributed by atoms with Gasteiger partial charge in [0.05, 0.1) is 12.5 Å². The Balaban J connectivity index is 2.46. The van der Waals surface area contributed by atoms with E-state index >= 15 is 0 Å². The van der Waals surface area contributed by atoms with Crippen LogP contribution in [0.4, 0.5) is 0 Å². The maximum absolute atomic E-state index is 11.5. The van der Waals surface area contributed by atoms with Crippen LogP contribution in [-0.2, 0) is 0 Å². The Morgan fingerprint density at radius 1 is 1.38 bits per heavy atom. The lowest BCUT2D eigenvalue weighted by Gasteiger charge is -1.98. The van der Waals surface area contributed by atoms with E-state index < -0.39 is 0 Å². The third kappa shape index (κ3) is 2.01. The van der Waals surface area contributed by atoms with Gasteiger partial charge in [0.1, 0.15) is 0 Å². The monoisotopic (exact) mass is 210 g/mol. The van der Waals surface area contributed by atoms with Crippen LogP contribution in [0.5, 0.6) is 0 Å². The highest BCUT2D eigenvalue weighted by Crippen LogP contribution is 2.11. The average molecular weight is 210 g/mol.